The molecule has 0 spiro atoms. The topological polar surface area (TPSA) is 89.1 Å². The molecule has 4 unspecified atom stereocenters. The third-order valence-electron chi connectivity index (χ3n) is 7.19. The Bertz CT molecular complexity index is 1340. The Morgan fingerprint density at radius 3 is 2.53 bits per heavy atom. The summed E-state index contributed by atoms with van der Waals surface area (Å²) < 4.78 is 0. The van der Waals surface area contributed by atoms with Crippen molar-refractivity contribution in [3.63, 3.8) is 0 Å². The minimum atomic E-state index is -0.387. The van der Waals surface area contributed by atoms with Crippen molar-refractivity contribution in [1.82, 2.24) is 21.1 Å². The molecule has 38 heavy (non-hydrogen) atoms. The highest BCUT2D eigenvalue weighted by Gasteiger charge is 2.44. The lowest BCUT2D eigenvalue weighted by molar-refractivity contribution is -0.130. The van der Waals surface area contributed by atoms with Gasteiger partial charge in [0, 0.05) is 13.0 Å². The molecule has 3 N–H and O–H groups in total. The summed E-state index contributed by atoms with van der Waals surface area (Å²) in [6.45, 7) is 4.67. The molecule has 0 radical (unpaired) electrons. The molecule has 196 valence electrons. The predicted octanol–water partition coefficient (Wildman–Crippen LogP) is 3.75. The molecule has 0 saturated carbocycles. The fraction of sp³-hybridized carbons (Fsp3) is 0.321. The van der Waals surface area contributed by atoms with E-state index >= 15 is 0 Å². The van der Waals surface area contributed by atoms with Gasteiger partial charge >= 0.3 is 0 Å². The number of thioether (sulfide) groups is 1. The summed E-state index contributed by atoms with van der Waals surface area (Å²) in [5.41, 5.74) is 8.33. The minimum absolute atomic E-state index is 0.0162. The first kappa shape index (κ1) is 25.1. The smallest absolute Gasteiger partial charge is 0.253 e. The van der Waals surface area contributed by atoms with E-state index in [1.807, 2.05) is 34.7 Å². The number of amides is 2. The summed E-state index contributed by atoms with van der Waals surface area (Å²) in [6, 6.07) is 20.4. The summed E-state index contributed by atoms with van der Waals surface area (Å²) in [6.07, 6.45) is 0.480. The first-order chi connectivity index (χ1) is 18.5. The Balaban J connectivity index is 1.15. The molecule has 2 saturated heterocycles. The van der Waals surface area contributed by atoms with Crippen LogP contribution in [-0.2, 0) is 9.59 Å². The number of aryl methyl sites for hydroxylation is 2. The van der Waals surface area contributed by atoms with E-state index in [4.69, 9.17) is 5.10 Å². The maximum absolute atomic E-state index is 13.5. The maximum Gasteiger partial charge on any atom is 0.253 e. The van der Waals surface area contributed by atoms with Crippen LogP contribution in [0.25, 0.3) is 0 Å². The molecule has 2 fully saturated rings. The molecular weight excluding hydrogens is 516 g/mol. The number of hydrogen-bond acceptors (Lipinski definition) is 8. The van der Waals surface area contributed by atoms with E-state index in [0.29, 0.717) is 13.0 Å². The number of hydrazine groups is 1. The second-order valence-electron chi connectivity index (χ2n) is 9.88. The van der Waals surface area contributed by atoms with E-state index < -0.39 is 0 Å². The average molecular weight is 547 g/mol. The first-order valence-corrected chi connectivity index (χ1v) is 14.7. The number of thiophene rings is 1. The molecule has 4 heterocycles. The van der Waals surface area contributed by atoms with Crippen molar-refractivity contribution < 1.29 is 9.59 Å². The first-order valence-electron chi connectivity index (χ1n) is 12.7. The highest BCUT2D eigenvalue weighted by molar-refractivity contribution is 8.00. The number of rotatable bonds is 6. The van der Waals surface area contributed by atoms with Gasteiger partial charge in [-0.15, -0.1) is 23.1 Å². The number of carbonyl (C=O) groups excluding carboxylic acids is 2. The van der Waals surface area contributed by atoms with Crippen molar-refractivity contribution in [3.05, 3.63) is 87.6 Å². The van der Waals surface area contributed by atoms with E-state index in [0.717, 1.165) is 21.8 Å². The fourth-order valence-corrected chi connectivity index (χ4v) is 6.69. The summed E-state index contributed by atoms with van der Waals surface area (Å²) in [4.78, 5) is 27.5. The normalized spacial score (nSPS) is 24.8. The second-order valence-corrected chi connectivity index (χ2v) is 11.9. The van der Waals surface area contributed by atoms with Gasteiger partial charge in [-0.2, -0.15) is 5.10 Å². The molecule has 3 aromatic rings. The van der Waals surface area contributed by atoms with E-state index in [1.54, 1.807) is 16.3 Å². The molecule has 2 amide bonds. The van der Waals surface area contributed by atoms with Gasteiger partial charge in [0.05, 0.1) is 34.0 Å². The molecule has 1 aromatic heterocycles. The maximum atomic E-state index is 13.5. The fourth-order valence-electron chi connectivity index (χ4n) is 5.09. The molecule has 0 aliphatic carbocycles. The monoisotopic (exact) mass is 546 g/mol. The number of fused-ring (bicyclic) bond motifs is 1. The molecule has 2 aromatic carbocycles. The minimum Gasteiger partial charge on any atom is -0.331 e. The van der Waals surface area contributed by atoms with Crippen LogP contribution in [0, 0.1) is 19.8 Å². The van der Waals surface area contributed by atoms with Crippen LogP contribution in [0.2, 0.25) is 0 Å². The number of carbonyl (C=O) groups is 2. The van der Waals surface area contributed by atoms with Crippen LogP contribution in [0.15, 0.2) is 71.1 Å². The van der Waals surface area contributed by atoms with Crippen LogP contribution in [0.5, 0.6) is 0 Å². The van der Waals surface area contributed by atoms with Crippen LogP contribution in [0.4, 0.5) is 5.69 Å². The van der Waals surface area contributed by atoms with E-state index in [1.165, 1.54) is 22.9 Å². The van der Waals surface area contributed by atoms with Crippen molar-refractivity contribution in [2.24, 2.45) is 11.0 Å². The molecule has 0 bridgehead atoms. The van der Waals surface area contributed by atoms with Crippen LogP contribution in [0.3, 0.4) is 0 Å². The summed E-state index contributed by atoms with van der Waals surface area (Å²) in [5, 5.41) is 17.0. The molecule has 6 rings (SSSR count). The summed E-state index contributed by atoms with van der Waals surface area (Å²) >= 11 is 3.02. The lowest BCUT2D eigenvalue weighted by Crippen LogP contribution is -2.63. The highest BCUT2D eigenvalue weighted by Crippen LogP contribution is 2.35. The van der Waals surface area contributed by atoms with Crippen molar-refractivity contribution in [2.75, 3.05) is 17.3 Å². The van der Waals surface area contributed by atoms with Crippen molar-refractivity contribution in [3.8, 4) is 0 Å². The zero-order valence-corrected chi connectivity index (χ0v) is 22.9. The molecule has 3 aliphatic heterocycles. The van der Waals surface area contributed by atoms with Gasteiger partial charge in [-0.1, -0.05) is 53.6 Å². The predicted molar refractivity (Wildman–Crippen MR) is 153 cm³/mol. The van der Waals surface area contributed by atoms with Gasteiger partial charge in [0.25, 0.3) is 5.91 Å². The van der Waals surface area contributed by atoms with E-state index in [9.17, 15) is 9.59 Å². The summed E-state index contributed by atoms with van der Waals surface area (Å²) in [7, 11) is 0. The SMILES string of the molecule is Cc1ccc(C2CC(c3cccs3)=NN2C(=O)CSC2NC(=O)C3CNN(c4ccc(C)cc4)C3N2)cc1. The summed E-state index contributed by atoms with van der Waals surface area (Å²) in [5.74, 6) is -0.120. The number of benzene rings is 2. The van der Waals surface area contributed by atoms with Crippen LogP contribution >= 0.6 is 23.1 Å². The van der Waals surface area contributed by atoms with E-state index in [-0.39, 0.29) is 41.2 Å². The van der Waals surface area contributed by atoms with Gasteiger partial charge in [0.2, 0.25) is 5.91 Å². The van der Waals surface area contributed by atoms with E-state index in [2.05, 4.69) is 66.3 Å². The van der Waals surface area contributed by atoms with Crippen molar-refractivity contribution in [2.45, 2.75) is 38.0 Å². The van der Waals surface area contributed by atoms with Gasteiger partial charge in [-0.3, -0.25) is 19.9 Å². The largest absolute Gasteiger partial charge is 0.331 e. The van der Waals surface area contributed by atoms with Gasteiger partial charge in [-0.05, 0) is 43.0 Å². The number of nitrogens with zero attached hydrogens (tertiary/aromatic N) is 3. The quantitative estimate of drug-likeness (QED) is 0.437. The number of nitrogens with one attached hydrogen (secondary N) is 3. The zero-order chi connectivity index (χ0) is 26.2. The van der Waals surface area contributed by atoms with Gasteiger partial charge < -0.3 is 5.32 Å². The Morgan fingerprint density at radius 2 is 1.82 bits per heavy atom. The molecule has 3 aliphatic rings. The molecular formula is C28H30N6O2S2. The third kappa shape index (κ3) is 4.96. The highest BCUT2D eigenvalue weighted by atomic mass is 32.2. The Labute approximate surface area is 230 Å². The van der Waals surface area contributed by atoms with Crippen LogP contribution in [-0.4, -0.2) is 46.5 Å². The second kappa shape index (κ2) is 10.5. The Kier molecular flexibility index (Phi) is 6.96. The van der Waals surface area contributed by atoms with Gasteiger partial charge in [0.1, 0.15) is 11.7 Å². The molecule has 4 atom stereocenters. The third-order valence-corrected chi connectivity index (χ3v) is 9.11. The average Bonchev–Trinajstić information content (AvgIpc) is 3.68. The van der Waals surface area contributed by atoms with Gasteiger partial charge in [0.15, 0.2) is 0 Å². The van der Waals surface area contributed by atoms with Crippen molar-refractivity contribution >= 4 is 46.3 Å². The Hall–Kier alpha value is -3.18. The number of anilines is 1. The number of hydrazone groups is 1. The lowest BCUT2D eigenvalue weighted by Gasteiger charge is -2.37. The van der Waals surface area contributed by atoms with Crippen molar-refractivity contribution in [1.29, 1.82) is 0 Å². The Morgan fingerprint density at radius 1 is 1.08 bits per heavy atom. The van der Waals surface area contributed by atoms with Gasteiger partial charge in [-0.25, -0.2) is 10.4 Å². The zero-order valence-electron chi connectivity index (χ0n) is 21.3. The molecule has 10 heteroatoms. The van der Waals surface area contributed by atoms with Crippen LogP contribution in [0.1, 0.15) is 34.0 Å². The van der Waals surface area contributed by atoms with Crippen LogP contribution < -0.4 is 21.1 Å². The standard InChI is InChI=1S/C28H30N6O2S2/c1-17-5-9-19(10-6-17)23-14-22(24-4-3-13-37-24)32-34(23)25(35)16-38-28-30-26-21(27(36)31-28)15-29-33(26)20-11-7-18(2)8-12-20/h3-13,21,23,26,28-30H,14-16H2,1-2H3,(H,31,36). The lowest BCUT2D eigenvalue weighted by atomic mass is 10.00. The molecule has 8 nitrogen and oxygen atoms in total. The number of hydrogen-bond donors (Lipinski definition) is 3.